The predicted molar refractivity (Wildman–Crippen MR) is 129 cm³/mol. The Balaban J connectivity index is 2.18. The molecule has 6 heteroatoms. The number of amides is 2. The van der Waals surface area contributed by atoms with Gasteiger partial charge in [0.25, 0.3) is 0 Å². The molecular formula is C25H32Cl2N2O2. The highest BCUT2D eigenvalue weighted by Gasteiger charge is 2.28. The van der Waals surface area contributed by atoms with Crippen LogP contribution in [0.15, 0.2) is 42.5 Å². The molecule has 0 bridgehead atoms. The topological polar surface area (TPSA) is 49.4 Å². The summed E-state index contributed by atoms with van der Waals surface area (Å²) in [6, 6.07) is 12.9. The minimum absolute atomic E-state index is 0.0813. The molecule has 0 aromatic heterocycles. The van der Waals surface area contributed by atoms with Crippen LogP contribution >= 0.6 is 23.2 Å². The molecule has 0 aliphatic rings. The Hall–Kier alpha value is -2.04. The van der Waals surface area contributed by atoms with E-state index in [9.17, 15) is 9.59 Å². The molecule has 0 radical (unpaired) electrons. The molecule has 1 atom stereocenters. The molecule has 0 aliphatic carbocycles. The van der Waals surface area contributed by atoms with E-state index in [1.165, 1.54) is 5.56 Å². The van der Waals surface area contributed by atoms with Crippen molar-refractivity contribution in [1.29, 1.82) is 0 Å². The maximum atomic E-state index is 13.2. The minimum Gasteiger partial charge on any atom is -0.350 e. The summed E-state index contributed by atoms with van der Waals surface area (Å²) in [7, 11) is 0. The molecule has 2 rings (SSSR count). The highest BCUT2D eigenvalue weighted by Crippen LogP contribution is 2.24. The molecule has 0 heterocycles. The number of benzene rings is 2. The Bertz CT molecular complexity index is 905. The predicted octanol–water partition coefficient (Wildman–Crippen LogP) is 5.82. The Labute approximate surface area is 195 Å². The highest BCUT2D eigenvalue weighted by molar-refractivity contribution is 6.42. The summed E-state index contributed by atoms with van der Waals surface area (Å²) in [5, 5.41) is 3.85. The maximum absolute atomic E-state index is 13.2. The van der Waals surface area contributed by atoms with Crippen LogP contribution in [0.4, 0.5) is 0 Å². The van der Waals surface area contributed by atoms with Crippen molar-refractivity contribution in [3.05, 3.63) is 69.2 Å². The van der Waals surface area contributed by atoms with Crippen molar-refractivity contribution in [3.8, 4) is 0 Å². The van der Waals surface area contributed by atoms with E-state index in [4.69, 9.17) is 23.2 Å². The third-order valence-corrected chi connectivity index (χ3v) is 5.80. The average Bonchev–Trinajstić information content (AvgIpc) is 2.71. The maximum Gasteiger partial charge on any atom is 0.242 e. The molecule has 1 N–H and O–H groups in total. The van der Waals surface area contributed by atoms with Crippen molar-refractivity contribution >= 4 is 35.0 Å². The van der Waals surface area contributed by atoms with Gasteiger partial charge in [-0.3, -0.25) is 9.59 Å². The van der Waals surface area contributed by atoms with Crippen molar-refractivity contribution in [2.45, 2.75) is 72.0 Å². The zero-order chi connectivity index (χ0) is 23.2. The third kappa shape index (κ3) is 7.86. The molecule has 0 fully saturated rings. The van der Waals surface area contributed by atoms with Gasteiger partial charge in [0.15, 0.2) is 0 Å². The van der Waals surface area contributed by atoms with Crippen LogP contribution in [-0.2, 0) is 29.0 Å². The number of nitrogens with one attached hydrogen (secondary N) is 1. The summed E-state index contributed by atoms with van der Waals surface area (Å²) in [4.78, 5) is 27.6. The van der Waals surface area contributed by atoms with E-state index in [0.717, 1.165) is 17.5 Å². The van der Waals surface area contributed by atoms with Crippen LogP contribution in [0.3, 0.4) is 0 Å². The molecule has 168 valence electrons. The second-order valence-electron chi connectivity index (χ2n) is 8.86. The fraction of sp³-hybridized carbons (Fsp3) is 0.440. The number of hydrogen-bond donors (Lipinski definition) is 1. The minimum atomic E-state index is -0.622. The zero-order valence-electron chi connectivity index (χ0n) is 19.0. The quantitative estimate of drug-likeness (QED) is 0.536. The van der Waals surface area contributed by atoms with Crippen LogP contribution in [0.2, 0.25) is 10.0 Å². The first-order chi connectivity index (χ1) is 14.5. The van der Waals surface area contributed by atoms with Crippen LogP contribution < -0.4 is 5.32 Å². The number of aryl methyl sites for hydroxylation is 2. The normalized spacial score (nSPS) is 12.4. The van der Waals surface area contributed by atoms with Gasteiger partial charge in [-0.25, -0.2) is 0 Å². The number of nitrogens with zero attached hydrogens (tertiary/aromatic N) is 1. The lowest BCUT2D eigenvalue weighted by Crippen LogP contribution is -2.52. The number of carbonyl (C=O) groups is 2. The number of rotatable bonds is 8. The SMILES string of the molecule is CCc1ccc(CCC(=O)N(Cc2ccc(Cl)c(Cl)c2)[C@H](C)C(=O)NC(C)(C)C)cc1. The van der Waals surface area contributed by atoms with Crippen molar-refractivity contribution in [1.82, 2.24) is 10.2 Å². The van der Waals surface area contributed by atoms with Gasteiger partial charge in [-0.05, 0) is 69.4 Å². The molecule has 2 aromatic rings. The smallest absolute Gasteiger partial charge is 0.242 e. The Kier molecular flexibility index (Phi) is 8.96. The monoisotopic (exact) mass is 462 g/mol. The van der Waals surface area contributed by atoms with Crippen molar-refractivity contribution in [2.24, 2.45) is 0 Å². The van der Waals surface area contributed by atoms with Gasteiger partial charge in [0.05, 0.1) is 10.0 Å². The molecule has 31 heavy (non-hydrogen) atoms. The molecular weight excluding hydrogens is 431 g/mol. The van der Waals surface area contributed by atoms with Gasteiger partial charge in [-0.1, -0.05) is 60.5 Å². The molecule has 2 amide bonds. The van der Waals surface area contributed by atoms with Gasteiger partial charge >= 0.3 is 0 Å². The molecule has 4 nitrogen and oxygen atoms in total. The van der Waals surface area contributed by atoms with Crippen LogP contribution in [0, 0.1) is 0 Å². The molecule has 0 saturated carbocycles. The molecule has 0 aliphatic heterocycles. The zero-order valence-corrected chi connectivity index (χ0v) is 20.5. The Morgan fingerprint density at radius 3 is 2.10 bits per heavy atom. The second-order valence-corrected chi connectivity index (χ2v) is 9.67. The van der Waals surface area contributed by atoms with E-state index in [-0.39, 0.29) is 23.9 Å². The summed E-state index contributed by atoms with van der Waals surface area (Å²) in [6.45, 7) is 9.91. The fourth-order valence-electron chi connectivity index (χ4n) is 3.23. The van der Waals surface area contributed by atoms with Crippen LogP contribution in [0.5, 0.6) is 0 Å². The van der Waals surface area contributed by atoms with Crippen LogP contribution in [0.1, 0.15) is 57.7 Å². The Morgan fingerprint density at radius 1 is 0.968 bits per heavy atom. The van der Waals surface area contributed by atoms with Crippen LogP contribution in [0.25, 0.3) is 0 Å². The number of carbonyl (C=O) groups excluding carboxylic acids is 2. The molecule has 0 saturated heterocycles. The highest BCUT2D eigenvalue weighted by atomic mass is 35.5. The van der Waals surface area contributed by atoms with E-state index in [1.807, 2.05) is 26.8 Å². The number of halogens is 2. The van der Waals surface area contributed by atoms with Gasteiger partial charge in [0.2, 0.25) is 11.8 Å². The van der Waals surface area contributed by atoms with Crippen molar-refractivity contribution < 1.29 is 9.59 Å². The molecule has 0 spiro atoms. The third-order valence-electron chi connectivity index (χ3n) is 5.06. The lowest BCUT2D eigenvalue weighted by atomic mass is 10.0. The Morgan fingerprint density at radius 2 is 1.55 bits per heavy atom. The first kappa shape index (κ1) is 25.2. The lowest BCUT2D eigenvalue weighted by molar-refractivity contribution is -0.141. The van der Waals surface area contributed by atoms with Gasteiger partial charge in [-0.2, -0.15) is 0 Å². The summed E-state index contributed by atoms with van der Waals surface area (Å²) < 4.78 is 0. The first-order valence-electron chi connectivity index (χ1n) is 10.6. The molecule has 0 unspecified atom stereocenters. The number of hydrogen-bond acceptors (Lipinski definition) is 2. The van der Waals surface area contributed by atoms with E-state index in [2.05, 4.69) is 36.5 Å². The summed E-state index contributed by atoms with van der Waals surface area (Å²) >= 11 is 12.2. The largest absolute Gasteiger partial charge is 0.350 e. The summed E-state index contributed by atoms with van der Waals surface area (Å²) in [5.41, 5.74) is 2.81. The standard InChI is InChI=1S/C25H32Cl2N2O2/c1-6-18-7-9-19(10-8-18)12-14-23(30)29(17(2)24(31)28-25(3,4)5)16-20-11-13-21(26)22(27)15-20/h7-11,13,15,17H,6,12,14,16H2,1-5H3,(H,28,31)/t17-/m1/s1. The van der Waals surface area contributed by atoms with Gasteiger partial charge < -0.3 is 10.2 Å². The average molecular weight is 463 g/mol. The first-order valence-corrected chi connectivity index (χ1v) is 11.4. The van der Waals surface area contributed by atoms with Gasteiger partial charge in [0, 0.05) is 18.5 Å². The van der Waals surface area contributed by atoms with E-state index in [0.29, 0.717) is 22.9 Å². The van der Waals surface area contributed by atoms with Gasteiger partial charge in [0.1, 0.15) is 6.04 Å². The van der Waals surface area contributed by atoms with E-state index >= 15 is 0 Å². The fourth-order valence-corrected chi connectivity index (χ4v) is 3.55. The molecule has 2 aromatic carbocycles. The second kappa shape index (κ2) is 11.0. The lowest BCUT2D eigenvalue weighted by Gasteiger charge is -2.31. The van der Waals surface area contributed by atoms with E-state index < -0.39 is 6.04 Å². The van der Waals surface area contributed by atoms with E-state index in [1.54, 1.807) is 24.0 Å². The van der Waals surface area contributed by atoms with Crippen molar-refractivity contribution in [2.75, 3.05) is 0 Å². The van der Waals surface area contributed by atoms with Gasteiger partial charge in [-0.15, -0.1) is 0 Å². The summed E-state index contributed by atoms with van der Waals surface area (Å²) in [5.74, 6) is -0.268. The van der Waals surface area contributed by atoms with Crippen LogP contribution in [-0.4, -0.2) is 28.3 Å². The summed E-state index contributed by atoms with van der Waals surface area (Å²) in [6.07, 6.45) is 1.92. The van der Waals surface area contributed by atoms with Crippen molar-refractivity contribution in [3.63, 3.8) is 0 Å².